The van der Waals surface area contributed by atoms with Gasteiger partial charge in [0.15, 0.2) is 11.6 Å². The third-order valence-corrected chi connectivity index (χ3v) is 4.08. The van der Waals surface area contributed by atoms with Gasteiger partial charge in [0.1, 0.15) is 6.61 Å². The van der Waals surface area contributed by atoms with Crippen LogP contribution in [-0.2, 0) is 22.5 Å². The number of halogens is 2. The predicted octanol–water partition coefficient (Wildman–Crippen LogP) is 3.49. The molecule has 1 saturated heterocycles. The normalized spacial score (nSPS) is 13.6. The van der Waals surface area contributed by atoms with Crippen molar-refractivity contribution in [3.63, 3.8) is 0 Å². The summed E-state index contributed by atoms with van der Waals surface area (Å²) in [6, 6.07) is 10.8. The zero-order valence-corrected chi connectivity index (χ0v) is 14.0. The van der Waals surface area contributed by atoms with Crippen molar-refractivity contribution in [1.29, 1.82) is 0 Å². The van der Waals surface area contributed by atoms with Crippen LogP contribution in [0, 0.1) is 11.6 Å². The molecule has 2 aromatic rings. The molecule has 0 aromatic heterocycles. The second kappa shape index (κ2) is 7.95. The number of benzene rings is 2. The molecule has 1 aliphatic heterocycles. The lowest BCUT2D eigenvalue weighted by Gasteiger charge is -2.13. The standard InChI is InChI=1S/C19H18F2N2O3/c20-16-7-3-13(11-17(16)21)4-8-18(24)22-15-5-1-14(2-6-15)12-23-9-10-26-19(23)25/h1-3,5-7,11H,4,8-10,12H2,(H,22,24). The Morgan fingerprint density at radius 2 is 1.81 bits per heavy atom. The van der Waals surface area contributed by atoms with Crippen LogP contribution in [0.25, 0.3) is 0 Å². The van der Waals surface area contributed by atoms with Gasteiger partial charge in [-0.1, -0.05) is 18.2 Å². The number of carbonyl (C=O) groups is 2. The molecule has 0 spiro atoms. The van der Waals surface area contributed by atoms with Crippen LogP contribution in [0.2, 0.25) is 0 Å². The van der Waals surface area contributed by atoms with E-state index in [2.05, 4.69) is 5.32 Å². The van der Waals surface area contributed by atoms with Crippen LogP contribution in [0.5, 0.6) is 0 Å². The molecule has 1 N–H and O–H groups in total. The van der Waals surface area contributed by atoms with Crippen molar-refractivity contribution in [2.75, 3.05) is 18.5 Å². The number of anilines is 1. The summed E-state index contributed by atoms with van der Waals surface area (Å²) in [6.45, 7) is 1.44. The molecule has 0 bridgehead atoms. The third-order valence-electron chi connectivity index (χ3n) is 4.08. The highest BCUT2D eigenvalue weighted by atomic mass is 19.2. The molecular formula is C19H18F2N2O3. The summed E-state index contributed by atoms with van der Waals surface area (Å²) in [5.41, 5.74) is 2.13. The Morgan fingerprint density at radius 3 is 2.46 bits per heavy atom. The average Bonchev–Trinajstić information content (AvgIpc) is 3.02. The number of aryl methyl sites for hydroxylation is 1. The van der Waals surface area contributed by atoms with E-state index in [4.69, 9.17) is 4.74 Å². The molecule has 2 amide bonds. The summed E-state index contributed by atoms with van der Waals surface area (Å²) in [4.78, 5) is 25.0. The van der Waals surface area contributed by atoms with Crippen molar-refractivity contribution in [3.05, 3.63) is 65.2 Å². The summed E-state index contributed by atoms with van der Waals surface area (Å²) in [6.07, 6.45) is 0.157. The lowest BCUT2D eigenvalue weighted by atomic mass is 10.1. The maximum Gasteiger partial charge on any atom is 0.410 e. The monoisotopic (exact) mass is 360 g/mol. The van der Waals surface area contributed by atoms with E-state index in [1.165, 1.54) is 6.07 Å². The van der Waals surface area contributed by atoms with Gasteiger partial charge in [0, 0.05) is 18.7 Å². The number of nitrogens with one attached hydrogen (secondary N) is 1. The van der Waals surface area contributed by atoms with Crippen LogP contribution in [0.4, 0.5) is 19.3 Å². The van der Waals surface area contributed by atoms with Gasteiger partial charge in [-0.25, -0.2) is 13.6 Å². The van der Waals surface area contributed by atoms with Gasteiger partial charge in [-0.15, -0.1) is 0 Å². The topological polar surface area (TPSA) is 58.6 Å². The second-order valence-corrected chi connectivity index (χ2v) is 6.03. The van der Waals surface area contributed by atoms with Crippen molar-refractivity contribution in [3.8, 4) is 0 Å². The first-order valence-corrected chi connectivity index (χ1v) is 8.26. The maximum absolute atomic E-state index is 13.2. The van der Waals surface area contributed by atoms with Crippen LogP contribution in [0.3, 0.4) is 0 Å². The summed E-state index contributed by atoms with van der Waals surface area (Å²) in [5.74, 6) is -2.04. The Labute approximate surface area is 149 Å². The van der Waals surface area contributed by atoms with Crippen LogP contribution in [0.1, 0.15) is 17.5 Å². The van der Waals surface area contributed by atoms with Crippen LogP contribution in [0.15, 0.2) is 42.5 Å². The van der Waals surface area contributed by atoms with Gasteiger partial charge < -0.3 is 15.0 Å². The number of nitrogens with zero attached hydrogens (tertiary/aromatic N) is 1. The minimum atomic E-state index is -0.916. The SMILES string of the molecule is O=C(CCc1ccc(F)c(F)c1)Nc1ccc(CN2CCOC2=O)cc1. The maximum atomic E-state index is 13.2. The van der Waals surface area contributed by atoms with Gasteiger partial charge in [-0.05, 0) is 41.8 Å². The number of carbonyl (C=O) groups excluding carboxylic acids is 2. The van der Waals surface area contributed by atoms with Crippen molar-refractivity contribution in [2.45, 2.75) is 19.4 Å². The molecule has 1 heterocycles. The summed E-state index contributed by atoms with van der Waals surface area (Å²) < 4.78 is 30.9. The Bertz CT molecular complexity index is 809. The number of hydrogen-bond acceptors (Lipinski definition) is 3. The van der Waals surface area contributed by atoms with Gasteiger partial charge in [0.05, 0.1) is 6.54 Å². The highest BCUT2D eigenvalue weighted by Gasteiger charge is 2.21. The summed E-state index contributed by atoms with van der Waals surface area (Å²) in [7, 11) is 0. The zero-order valence-electron chi connectivity index (χ0n) is 14.0. The molecule has 136 valence electrons. The van der Waals surface area contributed by atoms with E-state index in [9.17, 15) is 18.4 Å². The van der Waals surface area contributed by atoms with E-state index in [0.29, 0.717) is 37.4 Å². The van der Waals surface area contributed by atoms with E-state index in [0.717, 1.165) is 17.7 Å². The lowest BCUT2D eigenvalue weighted by Crippen LogP contribution is -2.23. The summed E-state index contributed by atoms with van der Waals surface area (Å²) >= 11 is 0. The molecular weight excluding hydrogens is 342 g/mol. The molecule has 0 unspecified atom stereocenters. The highest BCUT2D eigenvalue weighted by Crippen LogP contribution is 2.15. The van der Waals surface area contributed by atoms with Crippen LogP contribution < -0.4 is 5.32 Å². The Balaban J connectivity index is 1.49. The molecule has 3 rings (SSSR count). The Hall–Kier alpha value is -2.96. The fraction of sp³-hybridized carbons (Fsp3) is 0.263. The van der Waals surface area contributed by atoms with Crippen LogP contribution >= 0.6 is 0 Å². The second-order valence-electron chi connectivity index (χ2n) is 6.03. The van der Waals surface area contributed by atoms with Gasteiger partial charge in [-0.3, -0.25) is 4.79 Å². The lowest BCUT2D eigenvalue weighted by molar-refractivity contribution is -0.116. The molecule has 0 atom stereocenters. The van der Waals surface area contributed by atoms with Gasteiger partial charge in [0.2, 0.25) is 5.91 Å². The number of rotatable bonds is 6. The van der Waals surface area contributed by atoms with E-state index >= 15 is 0 Å². The molecule has 0 aliphatic carbocycles. The van der Waals surface area contributed by atoms with Gasteiger partial charge in [-0.2, -0.15) is 0 Å². The van der Waals surface area contributed by atoms with Crippen molar-refractivity contribution >= 4 is 17.7 Å². The first kappa shape index (κ1) is 17.8. The molecule has 0 saturated carbocycles. The van der Waals surface area contributed by atoms with Crippen molar-refractivity contribution < 1.29 is 23.1 Å². The van der Waals surface area contributed by atoms with E-state index in [-0.39, 0.29) is 18.4 Å². The smallest absolute Gasteiger partial charge is 0.410 e. The molecule has 1 aliphatic rings. The number of cyclic esters (lactones) is 1. The largest absolute Gasteiger partial charge is 0.448 e. The minimum absolute atomic E-state index is 0.159. The molecule has 1 fully saturated rings. The molecule has 5 nitrogen and oxygen atoms in total. The fourth-order valence-electron chi connectivity index (χ4n) is 2.66. The molecule has 7 heteroatoms. The molecule has 26 heavy (non-hydrogen) atoms. The van der Waals surface area contributed by atoms with Crippen molar-refractivity contribution in [1.82, 2.24) is 4.90 Å². The Kier molecular flexibility index (Phi) is 5.46. The number of ether oxygens (including phenoxy) is 1. The third kappa shape index (κ3) is 4.56. The van der Waals surface area contributed by atoms with E-state index in [1.54, 1.807) is 17.0 Å². The number of amides is 2. The Morgan fingerprint density at radius 1 is 1.08 bits per heavy atom. The molecule has 0 radical (unpaired) electrons. The average molecular weight is 360 g/mol. The van der Waals surface area contributed by atoms with Crippen LogP contribution in [-0.4, -0.2) is 30.1 Å². The van der Waals surface area contributed by atoms with Gasteiger partial charge in [0.25, 0.3) is 0 Å². The molecule has 2 aromatic carbocycles. The van der Waals surface area contributed by atoms with E-state index < -0.39 is 11.6 Å². The summed E-state index contributed by atoms with van der Waals surface area (Å²) in [5, 5.41) is 2.76. The van der Waals surface area contributed by atoms with Gasteiger partial charge >= 0.3 is 6.09 Å². The highest BCUT2D eigenvalue weighted by molar-refractivity contribution is 5.90. The first-order chi connectivity index (χ1) is 12.5. The number of hydrogen-bond donors (Lipinski definition) is 1. The quantitative estimate of drug-likeness (QED) is 0.858. The van der Waals surface area contributed by atoms with Crippen molar-refractivity contribution in [2.24, 2.45) is 0 Å². The predicted molar refractivity (Wildman–Crippen MR) is 91.5 cm³/mol. The first-order valence-electron chi connectivity index (χ1n) is 8.26. The fourth-order valence-corrected chi connectivity index (χ4v) is 2.66. The zero-order chi connectivity index (χ0) is 18.5. The minimum Gasteiger partial charge on any atom is -0.448 e. The van der Waals surface area contributed by atoms with E-state index in [1.807, 2.05) is 12.1 Å².